The monoisotopic (exact) mass is 475 g/mol. The van der Waals surface area contributed by atoms with Crippen molar-refractivity contribution >= 4 is 5.91 Å². The van der Waals surface area contributed by atoms with Crippen molar-refractivity contribution in [1.82, 2.24) is 14.7 Å². The van der Waals surface area contributed by atoms with Gasteiger partial charge in [-0.05, 0) is 55.2 Å². The molecule has 2 aliphatic rings. The fourth-order valence-corrected chi connectivity index (χ4v) is 4.73. The maximum absolute atomic E-state index is 13.1. The van der Waals surface area contributed by atoms with E-state index in [9.17, 15) is 4.79 Å². The lowest BCUT2D eigenvalue weighted by Crippen LogP contribution is -2.33. The van der Waals surface area contributed by atoms with E-state index in [-0.39, 0.29) is 5.91 Å². The maximum atomic E-state index is 13.1. The van der Waals surface area contributed by atoms with Crippen LogP contribution in [0.4, 0.5) is 0 Å². The van der Waals surface area contributed by atoms with Crippen LogP contribution >= 0.6 is 0 Å². The second-order valence-corrected chi connectivity index (χ2v) is 9.45. The summed E-state index contributed by atoms with van der Waals surface area (Å²) in [6, 6.07) is 14.5. The van der Waals surface area contributed by atoms with E-state index in [1.807, 2.05) is 40.9 Å². The number of hydrogen-bond donors (Lipinski definition) is 0. The highest BCUT2D eigenvalue weighted by molar-refractivity contribution is 5.77. The van der Waals surface area contributed by atoms with Gasteiger partial charge in [-0.15, -0.1) is 0 Å². The Labute approximate surface area is 206 Å². The van der Waals surface area contributed by atoms with Crippen molar-refractivity contribution in [2.75, 3.05) is 33.0 Å². The van der Waals surface area contributed by atoms with Crippen molar-refractivity contribution in [3.8, 4) is 22.6 Å². The molecular weight excluding hydrogens is 442 g/mol. The first-order chi connectivity index (χ1) is 17.1. The zero-order valence-electron chi connectivity index (χ0n) is 20.5. The third kappa shape index (κ3) is 5.51. The first-order valence-electron chi connectivity index (χ1n) is 12.4. The van der Waals surface area contributed by atoms with Crippen LogP contribution in [0.15, 0.2) is 48.7 Å². The van der Waals surface area contributed by atoms with Crippen LogP contribution in [0.2, 0.25) is 0 Å². The van der Waals surface area contributed by atoms with E-state index in [0.29, 0.717) is 45.2 Å². The average molecular weight is 476 g/mol. The molecule has 0 bridgehead atoms. The van der Waals surface area contributed by atoms with Crippen LogP contribution in [0.25, 0.3) is 11.1 Å². The number of nitrogens with zero attached hydrogens (tertiary/aromatic N) is 3. The molecule has 1 fully saturated rings. The number of hydrogen-bond acceptors (Lipinski definition) is 5. The van der Waals surface area contributed by atoms with Gasteiger partial charge in [0.15, 0.2) is 11.5 Å². The fraction of sp³-hybridized carbons (Fsp3) is 0.429. The summed E-state index contributed by atoms with van der Waals surface area (Å²) in [6.07, 6.45) is 3.33. The van der Waals surface area contributed by atoms with E-state index in [0.717, 1.165) is 53.5 Å². The SMILES string of the molecule is Cc1ccn(CCC(=O)N2CCOc3c(cc(-c4ccccc4C)cc3OCC3CCOC3)C2)n1. The van der Waals surface area contributed by atoms with Crippen LogP contribution < -0.4 is 9.47 Å². The van der Waals surface area contributed by atoms with Crippen LogP contribution in [-0.4, -0.2) is 53.6 Å². The molecule has 0 N–H and O–H groups in total. The largest absolute Gasteiger partial charge is 0.489 e. The van der Waals surface area contributed by atoms with Crippen molar-refractivity contribution < 1.29 is 19.0 Å². The summed E-state index contributed by atoms with van der Waals surface area (Å²) in [5.41, 5.74) is 5.35. The summed E-state index contributed by atoms with van der Waals surface area (Å²) in [4.78, 5) is 15.0. The predicted molar refractivity (Wildman–Crippen MR) is 134 cm³/mol. The van der Waals surface area contributed by atoms with Gasteiger partial charge in [-0.25, -0.2) is 0 Å². The average Bonchev–Trinajstić information content (AvgIpc) is 3.48. The summed E-state index contributed by atoms with van der Waals surface area (Å²) >= 11 is 0. The van der Waals surface area contributed by atoms with Crippen LogP contribution in [-0.2, 0) is 22.6 Å². The lowest BCUT2D eigenvalue weighted by atomic mass is 9.97. The predicted octanol–water partition coefficient (Wildman–Crippen LogP) is 4.39. The summed E-state index contributed by atoms with van der Waals surface area (Å²) < 4.78 is 19.9. The smallest absolute Gasteiger partial charge is 0.224 e. The van der Waals surface area contributed by atoms with Gasteiger partial charge in [-0.2, -0.15) is 5.10 Å². The molecule has 35 heavy (non-hydrogen) atoms. The van der Waals surface area contributed by atoms with Crippen LogP contribution in [0.3, 0.4) is 0 Å². The second kappa shape index (κ2) is 10.5. The molecule has 0 radical (unpaired) electrons. The minimum absolute atomic E-state index is 0.0986. The maximum Gasteiger partial charge on any atom is 0.224 e. The Morgan fingerprint density at radius 3 is 2.83 bits per heavy atom. The molecule has 0 aliphatic carbocycles. The summed E-state index contributed by atoms with van der Waals surface area (Å²) in [5, 5.41) is 4.40. The van der Waals surface area contributed by atoms with Gasteiger partial charge in [0.2, 0.25) is 5.91 Å². The number of aromatic nitrogens is 2. The number of amides is 1. The number of benzene rings is 2. The van der Waals surface area contributed by atoms with Gasteiger partial charge < -0.3 is 19.1 Å². The minimum Gasteiger partial charge on any atom is -0.489 e. The van der Waals surface area contributed by atoms with E-state index in [2.05, 4.69) is 36.3 Å². The molecule has 2 aromatic carbocycles. The third-order valence-electron chi connectivity index (χ3n) is 6.74. The number of carbonyl (C=O) groups is 1. The van der Waals surface area contributed by atoms with E-state index >= 15 is 0 Å². The van der Waals surface area contributed by atoms with Gasteiger partial charge in [0.25, 0.3) is 0 Å². The first kappa shape index (κ1) is 23.4. The Bertz CT molecular complexity index is 1180. The second-order valence-electron chi connectivity index (χ2n) is 9.45. The normalized spacial score (nSPS) is 17.5. The van der Waals surface area contributed by atoms with E-state index in [1.165, 1.54) is 5.56 Å². The molecule has 1 amide bonds. The Morgan fingerprint density at radius 2 is 2.06 bits per heavy atom. The van der Waals surface area contributed by atoms with Crippen LogP contribution in [0, 0.1) is 19.8 Å². The Balaban J connectivity index is 1.40. The first-order valence-corrected chi connectivity index (χ1v) is 12.4. The molecule has 0 spiro atoms. The van der Waals surface area contributed by atoms with E-state index < -0.39 is 0 Å². The standard InChI is InChI=1S/C28H33N3O4/c1-20-5-3-4-6-25(20)23-15-24-17-30(27(32)8-11-31-10-7-21(2)29-31)12-14-34-28(24)26(16-23)35-19-22-9-13-33-18-22/h3-7,10,15-16,22H,8-9,11-14,17-19H2,1-2H3. The third-order valence-corrected chi connectivity index (χ3v) is 6.74. The molecule has 5 rings (SSSR count). The van der Waals surface area contributed by atoms with Crippen molar-refractivity contribution in [2.45, 2.75) is 39.8 Å². The molecule has 0 saturated carbocycles. The molecule has 1 unspecified atom stereocenters. The van der Waals surface area contributed by atoms with Crippen molar-refractivity contribution in [2.24, 2.45) is 5.92 Å². The Hall–Kier alpha value is -3.32. The minimum atomic E-state index is 0.0986. The number of fused-ring (bicyclic) bond motifs is 1. The lowest BCUT2D eigenvalue weighted by molar-refractivity contribution is -0.132. The molecule has 1 saturated heterocycles. The highest BCUT2D eigenvalue weighted by Crippen LogP contribution is 2.39. The molecule has 3 heterocycles. The van der Waals surface area contributed by atoms with Gasteiger partial charge >= 0.3 is 0 Å². The molecule has 3 aromatic rings. The number of aryl methyl sites for hydroxylation is 3. The quantitative estimate of drug-likeness (QED) is 0.507. The molecule has 7 heteroatoms. The molecular formula is C28H33N3O4. The van der Waals surface area contributed by atoms with E-state index in [4.69, 9.17) is 14.2 Å². The zero-order chi connectivity index (χ0) is 24.2. The van der Waals surface area contributed by atoms with Crippen molar-refractivity contribution in [3.05, 3.63) is 65.5 Å². The van der Waals surface area contributed by atoms with Gasteiger partial charge in [0.05, 0.1) is 25.5 Å². The summed E-state index contributed by atoms with van der Waals surface area (Å²) in [5.74, 6) is 1.98. The highest BCUT2D eigenvalue weighted by Gasteiger charge is 2.25. The number of rotatable bonds is 7. The zero-order valence-corrected chi connectivity index (χ0v) is 20.5. The molecule has 7 nitrogen and oxygen atoms in total. The van der Waals surface area contributed by atoms with Gasteiger partial charge in [0.1, 0.15) is 6.61 Å². The van der Waals surface area contributed by atoms with Gasteiger partial charge in [-0.1, -0.05) is 24.3 Å². The molecule has 2 aliphatic heterocycles. The highest BCUT2D eigenvalue weighted by atomic mass is 16.5. The molecule has 184 valence electrons. The van der Waals surface area contributed by atoms with Crippen LogP contribution in [0.1, 0.15) is 29.7 Å². The Kier molecular flexibility index (Phi) is 7.04. The van der Waals surface area contributed by atoms with Crippen molar-refractivity contribution in [1.29, 1.82) is 0 Å². The molecule has 1 atom stereocenters. The van der Waals surface area contributed by atoms with Crippen molar-refractivity contribution in [3.63, 3.8) is 0 Å². The summed E-state index contributed by atoms with van der Waals surface area (Å²) in [6.45, 7) is 8.23. The van der Waals surface area contributed by atoms with Gasteiger partial charge in [0, 0.05) is 43.8 Å². The lowest BCUT2D eigenvalue weighted by Gasteiger charge is -2.21. The molecule has 1 aromatic heterocycles. The van der Waals surface area contributed by atoms with Crippen LogP contribution in [0.5, 0.6) is 11.5 Å². The van der Waals surface area contributed by atoms with E-state index in [1.54, 1.807) is 0 Å². The topological polar surface area (TPSA) is 65.8 Å². The summed E-state index contributed by atoms with van der Waals surface area (Å²) in [7, 11) is 0. The van der Waals surface area contributed by atoms with Gasteiger partial charge in [-0.3, -0.25) is 9.48 Å². The number of carbonyl (C=O) groups excluding carboxylic acids is 1. The number of ether oxygens (including phenoxy) is 3. The fourth-order valence-electron chi connectivity index (χ4n) is 4.73. The Morgan fingerprint density at radius 1 is 1.17 bits per heavy atom.